The summed E-state index contributed by atoms with van der Waals surface area (Å²) in [7, 11) is -3.28. The van der Waals surface area contributed by atoms with E-state index in [1.165, 1.54) is 28.7 Å². The summed E-state index contributed by atoms with van der Waals surface area (Å²) in [6, 6.07) is 4.89. The summed E-state index contributed by atoms with van der Waals surface area (Å²) >= 11 is 0. The van der Waals surface area contributed by atoms with Gasteiger partial charge in [-0.1, -0.05) is 6.07 Å². The van der Waals surface area contributed by atoms with Gasteiger partial charge in [-0.3, -0.25) is 9.88 Å². The third kappa shape index (κ3) is 6.51. The summed E-state index contributed by atoms with van der Waals surface area (Å²) in [6.45, 7) is 2.17. The number of sulfonamides is 1. The molecule has 0 unspecified atom stereocenters. The molecule has 6 nitrogen and oxygen atoms in total. The predicted octanol–water partition coefficient (Wildman–Crippen LogP) is 4.56. The maximum atomic E-state index is 14.8. The van der Waals surface area contributed by atoms with Crippen molar-refractivity contribution in [3.8, 4) is 5.75 Å². The largest absolute Gasteiger partial charge is 0.484 e. The monoisotopic (exact) mass is 533 g/mol. The molecule has 2 aromatic rings. The van der Waals surface area contributed by atoms with E-state index in [2.05, 4.69) is 4.98 Å². The van der Waals surface area contributed by atoms with Crippen LogP contribution >= 0.6 is 0 Å². The van der Waals surface area contributed by atoms with Gasteiger partial charge in [0.1, 0.15) is 11.8 Å². The van der Waals surface area contributed by atoms with Gasteiger partial charge in [0.05, 0.1) is 6.26 Å². The lowest BCUT2D eigenvalue weighted by Crippen LogP contribution is -2.38. The number of aromatic nitrogens is 1. The highest BCUT2D eigenvalue weighted by Crippen LogP contribution is 2.34. The number of rotatable bonds is 6. The molecular weight excluding hydrogens is 505 g/mol. The molecule has 0 spiro atoms. The van der Waals surface area contributed by atoms with Crippen LogP contribution in [-0.4, -0.2) is 61.1 Å². The van der Waals surface area contributed by atoms with Gasteiger partial charge in [0.2, 0.25) is 10.0 Å². The first-order chi connectivity index (χ1) is 16.9. The fourth-order valence-electron chi connectivity index (χ4n) is 4.74. The van der Waals surface area contributed by atoms with E-state index in [-0.39, 0.29) is 12.0 Å². The van der Waals surface area contributed by atoms with Crippen LogP contribution in [0.5, 0.6) is 5.75 Å². The van der Waals surface area contributed by atoms with Crippen LogP contribution in [0.15, 0.2) is 30.5 Å². The van der Waals surface area contributed by atoms with Crippen LogP contribution < -0.4 is 4.74 Å². The highest BCUT2D eigenvalue weighted by molar-refractivity contribution is 7.88. The van der Waals surface area contributed by atoms with Crippen LogP contribution in [0, 0.1) is 11.6 Å². The Balaban J connectivity index is 1.30. The highest BCUT2D eigenvalue weighted by atomic mass is 32.2. The Morgan fingerprint density at radius 3 is 2.11 bits per heavy atom. The van der Waals surface area contributed by atoms with E-state index in [1.807, 2.05) is 4.90 Å². The van der Waals surface area contributed by atoms with Crippen LogP contribution in [0.2, 0.25) is 0 Å². The molecule has 0 saturated carbocycles. The minimum atomic E-state index is -4.48. The number of piperidine rings is 2. The van der Waals surface area contributed by atoms with Gasteiger partial charge in [-0.05, 0) is 60.9 Å². The van der Waals surface area contributed by atoms with Gasteiger partial charge in [-0.25, -0.2) is 21.5 Å². The molecule has 2 aliphatic rings. The van der Waals surface area contributed by atoms with E-state index in [9.17, 15) is 30.4 Å². The van der Waals surface area contributed by atoms with Crippen molar-refractivity contribution < 1.29 is 35.1 Å². The molecule has 2 aliphatic heterocycles. The van der Waals surface area contributed by atoms with Crippen molar-refractivity contribution in [1.29, 1.82) is 0 Å². The average Bonchev–Trinajstić information content (AvgIpc) is 2.82. The molecule has 198 valence electrons. The fraction of sp³-hybridized carbons (Fsp3) is 0.542. The first-order valence-corrected chi connectivity index (χ1v) is 13.6. The number of halogens is 5. The first-order valence-electron chi connectivity index (χ1n) is 11.8. The van der Waals surface area contributed by atoms with Crippen molar-refractivity contribution in [2.24, 2.45) is 0 Å². The summed E-state index contributed by atoms with van der Waals surface area (Å²) < 4.78 is 98.0. The van der Waals surface area contributed by atoms with Crippen LogP contribution in [0.4, 0.5) is 22.0 Å². The molecule has 36 heavy (non-hydrogen) atoms. The van der Waals surface area contributed by atoms with Crippen LogP contribution in [0.1, 0.15) is 48.4 Å². The molecule has 2 fully saturated rings. The minimum absolute atomic E-state index is 0.135. The maximum Gasteiger partial charge on any atom is 0.433 e. The molecule has 0 amide bonds. The average molecular weight is 534 g/mol. The Morgan fingerprint density at radius 2 is 1.61 bits per heavy atom. The van der Waals surface area contributed by atoms with E-state index < -0.39 is 39.3 Å². The van der Waals surface area contributed by atoms with Gasteiger partial charge >= 0.3 is 6.18 Å². The van der Waals surface area contributed by atoms with Gasteiger partial charge in [0.25, 0.3) is 0 Å². The standard InChI is InChI=1S/C24H28F5N3O3S/c1-36(33,34)32-10-4-17(5-11-32)18-12-20(25)23(21(26)13-18)35-19-6-8-31(9-7-19)15-16-2-3-22(30-14-16)24(27,28)29/h2-3,12-14,17,19H,4-11,15H2,1H3. The second-order valence-electron chi connectivity index (χ2n) is 9.39. The molecule has 0 radical (unpaired) electrons. The summed E-state index contributed by atoms with van der Waals surface area (Å²) in [5, 5.41) is 0. The number of pyridine rings is 1. The lowest BCUT2D eigenvalue weighted by molar-refractivity contribution is -0.141. The highest BCUT2D eigenvalue weighted by Gasteiger charge is 2.32. The van der Waals surface area contributed by atoms with Crippen molar-refractivity contribution in [2.45, 2.75) is 50.4 Å². The Bertz CT molecular complexity index is 1140. The van der Waals surface area contributed by atoms with Gasteiger partial charge in [-0.2, -0.15) is 13.2 Å². The quantitative estimate of drug-likeness (QED) is 0.510. The molecule has 0 aliphatic carbocycles. The smallest absolute Gasteiger partial charge is 0.433 e. The van der Waals surface area contributed by atoms with E-state index in [1.54, 1.807) is 0 Å². The van der Waals surface area contributed by atoms with E-state index in [0.717, 1.165) is 12.3 Å². The Morgan fingerprint density at radius 1 is 1.00 bits per heavy atom. The first kappa shape index (κ1) is 26.7. The lowest BCUT2D eigenvalue weighted by Gasteiger charge is -2.32. The second-order valence-corrected chi connectivity index (χ2v) is 11.4. The van der Waals surface area contributed by atoms with E-state index in [0.29, 0.717) is 69.5 Å². The predicted molar refractivity (Wildman–Crippen MR) is 123 cm³/mol. The van der Waals surface area contributed by atoms with Gasteiger partial charge in [0.15, 0.2) is 17.4 Å². The SMILES string of the molecule is CS(=O)(=O)N1CCC(c2cc(F)c(OC3CCN(Cc4ccc(C(F)(F)F)nc4)CC3)c(F)c2)CC1. The van der Waals surface area contributed by atoms with Gasteiger partial charge in [-0.15, -0.1) is 0 Å². The second kappa shape index (κ2) is 10.6. The van der Waals surface area contributed by atoms with Gasteiger partial charge in [0, 0.05) is 38.9 Å². The number of ether oxygens (including phenoxy) is 1. The molecule has 2 saturated heterocycles. The van der Waals surface area contributed by atoms with Gasteiger partial charge < -0.3 is 4.74 Å². The molecule has 0 bridgehead atoms. The zero-order valence-electron chi connectivity index (χ0n) is 19.8. The number of hydrogen-bond donors (Lipinski definition) is 0. The number of hydrogen-bond acceptors (Lipinski definition) is 5. The molecule has 3 heterocycles. The maximum absolute atomic E-state index is 14.8. The molecule has 1 aromatic carbocycles. The fourth-order valence-corrected chi connectivity index (χ4v) is 5.62. The number of benzene rings is 1. The van der Waals surface area contributed by atoms with Crippen molar-refractivity contribution in [3.63, 3.8) is 0 Å². The summed E-state index contributed by atoms with van der Waals surface area (Å²) in [4.78, 5) is 5.50. The van der Waals surface area contributed by atoms with Crippen molar-refractivity contribution in [3.05, 3.63) is 58.9 Å². The van der Waals surface area contributed by atoms with E-state index in [4.69, 9.17) is 4.74 Å². The summed E-state index contributed by atoms with van der Waals surface area (Å²) in [5.74, 6) is -2.12. The van der Waals surface area contributed by atoms with Crippen molar-refractivity contribution in [1.82, 2.24) is 14.2 Å². The van der Waals surface area contributed by atoms with Crippen LogP contribution in [0.25, 0.3) is 0 Å². The number of likely N-dealkylation sites (tertiary alicyclic amines) is 1. The third-order valence-corrected chi connectivity index (χ3v) is 8.06. The molecule has 12 heteroatoms. The molecule has 1 aromatic heterocycles. The van der Waals surface area contributed by atoms with Crippen molar-refractivity contribution >= 4 is 10.0 Å². The number of nitrogens with zero attached hydrogens (tertiary/aromatic N) is 3. The van der Waals surface area contributed by atoms with E-state index >= 15 is 0 Å². The third-order valence-electron chi connectivity index (χ3n) is 6.76. The zero-order valence-corrected chi connectivity index (χ0v) is 20.6. The Kier molecular flexibility index (Phi) is 7.86. The lowest BCUT2D eigenvalue weighted by atomic mass is 9.90. The molecular formula is C24H28F5N3O3S. The summed E-state index contributed by atoms with van der Waals surface area (Å²) in [5.41, 5.74) is 0.204. The molecule has 4 rings (SSSR count). The van der Waals surface area contributed by atoms with Crippen LogP contribution in [-0.2, 0) is 22.7 Å². The Hall–Kier alpha value is -2.31. The normalized spacial score (nSPS) is 19.5. The molecule has 0 N–H and O–H groups in total. The van der Waals surface area contributed by atoms with Crippen LogP contribution in [0.3, 0.4) is 0 Å². The topological polar surface area (TPSA) is 62.7 Å². The number of alkyl halides is 3. The minimum Gasteiger partial charge on any atom is -0.484 e. The Labute approximate surface area is 207 Å². The zero-order chi connectivity index (χ0) is 26.1. The summed E-state index contributed by atoms with van der Waals surface area (Å²) in [6.07, 6.45) is -0.514. The van der Waals surface area contributed by atoms with Crippen molar-refractivity contribution in [2.75, 3.05) is 32.4 Å². The molecule has 0 atom stereocenters.